The van der Waals surface area contributed by atoms with Gasteiger partial charge in [-0.3, -0.25) is 0 Å². The molecule has 6 saturated heterocycles. The first kappa shape index (κ1) is 56.1. The van der Waals surface area contributed by atoms with E-state index in [1.807, 2.05) is 0 Å². The first-order valence-electron chi connectivity index (χ1n) is 22.2. The van der Waals surface area contributed by atoms with Crippen molar-refractivity contribution in [3.63, 3.8) is 0 Å². The molecule has 12 unspecified atom stereocenters. The standard InChI is InChI=1S/C38H71N5O25/c1-9-21(45)22(46)10(3-44)63-33(9)58-4-12-24(48)29(53)17(40)36(65-12)60-6-14-26(50)31(55)19(42)38(67-14)62-8-15-27(51)32(56)20(43)37(68-15)61-7-13-25(49)30(54)18(41)35(66-13)59-5-11-23(47)28(52)16(39)34(57-2)64-11/h9-38,44-56H,3-8,39-43H2,1-2H3/t9?,10?,11?,12?,13?,14?,15?,16?,17?,18?,19?,20?,21-,22-,23-,24-,25-,26-,27-,28-,29-,30-,31-,32-,33-,34-,35-,36-,37-,38-/m1/s1. The second kappa shape index (κ2) is 24.2. The molecule has 30 heteroatoms. The summed E-state index contributed by atoms with van der Waals surface area (Å²) in [5, 5.41) is 137. The Balaban J connectivity index is 1.01. The summed E-state index contributed by atoms with van der Waals surface area (Å²) in [6.07, 6.45) is -34.9. The van der Waals surface area contributed by atoms with Crippen molar-refractivity contribution in [2.45, 2.75) is 185 Å². The highest BCUT2D eigenvalue weighted by Gasteiger charge is 2.51. The Bertz CT molecular complexity index is 1430. The molecule has 0 amide bonds. The quantitative estimate of drug-likeness (QED) is 0.0643. The van der Waals surface area contributed by atoms with Gasteiger partial charge in [0.05, 0.1) is 76.0 Å². The van der Waals surface area contributed by atoms with Crippen LogP contribution in [0.4, 0.5) is 0 Å². The molecule has 6 heterocycles. The lowest BCUT2D eigenvalue weighted by Crippen LogP contribution is -2.66. The summed E-state index contributed by atoms with van der Waals surface area (Å²) in [6, 6.07) is -6.55. The van der Waals surface area contributed by atoms with Gasteiger partial charge >= 0.3 is 0 Å². The fourth-order valence-corrected chi connectivity index (χ4v) is 8.62. The summed E-state index contributed by atoms with van der Waals surface area (Å²) < 4.78 is 68.1. The molecule has 0 aromatic heterocycles. The second-order valence-corrected chi connectivity index (χ2v) is 18.0. The van der Waals surface area contributed by atoms with Gasteiger partial charge in [-0.15, -0.1) is 0 Å². The maximum atomic E-state index is 10.9. The molecular formula is C38H71N5O25. The predicted molar refractivity (Wildman–Crippen MR) is 217 cm³/mol. The first-order valence-corrected chi connectivity index (χ1v) is 22.2. The maximum absolute atomic E-state index is 10.9. The molecule has 23 N–H and O–H groups in total. The smallest absolute Gasteiger partial charge is 0.175 e. The van der Waals surface area contributed by atoms with Crippen molar-refractivity contribution >= 4 is 0 Å². The first-order chi connectivity index (χ1) is 32.1. The number of hydrogen-bond acceptors (Lipinski definition) is 30. The molecule has 6 fully saturated rings. The van der Waals surface area contributed by atoms with E-state index >= 15 is 0 Å². The molecule has 0 aromatic carbocycles. The molecule has 6 rings (SSSR count). The lowest BCUT2D eigenvalue weighted by atomic mass is 9.92. The predicted octanol–water partition coefficient (Wildman–Crippen LogP) is -12.3. The largest absolute Gasteiger partial charge is 0.394 e. The third-order valence-electron chi connectivity index (χ3n) is 13.3. The van der Waals surface area contributed by atoms with Crippen LogP contribution >= 0.6 is 0 Å². The number of ether oxygens (including phenoxy) is 12. The van der Waals surface area contributed by atoms with Gasteiger partial charge in [-0.25, -0.2) is 0 Å². The van der Waals surface area contributed by atoms with Crippen LogP contribution in [0.25, 0.3) is 0 Å². The minimum Gasteiger partial charge on any atom is -0.394 e. The lowest BCUT2D eigenvalue weighted by Gasteiger charge is -2.45. The van der Waals surface area contributed by atoms with E-state index in [9.17, 15) is 66.4 Å². The molecule has 0 radical (unpaired) electrons. The lowest BCUT2D eigenvalue weighted by molar-refractivity contribution is -0.325. The molecule has 398 valence electrons. The fraction of sp³-hybridized carbons (Fsp3) is 1.00. The van der Waals surface area contributed by atoms with Gasteiger partial charge in [0.2, 0.25) is 0 Å². The number of nitrogens with two attached hydrogens (primary N) is 5. The van der Waals surface area contributed by atoms with E-state index in [4.69, 9.17) is 85.5 Å². The van der Waals surface area contributed by atoms with Crippen LogP contribution < -0.4 is 28.7 Å². The van der Waals surface area contributed by atoms with Crippen molar-refractivity contribution < 1.29 is 123 Å². The zero-order valence-electron chi connectivity index (χ0n) is 37.2. The van der Waals surface area contributed by atoms with Crippen molar-refractivity contribution in [3.8, 4) is 0 Å². The average molecular weight is 998 g/mol. The summed E-state index contributed by atoms with van der Waals surface area (Å²) >= 11 is 0. The third kappa shape index (κ3) is 12.1. The van der Waals surface area contributed by atoms with Crippen LogP contribution in [0.15, 0.2) is 0 Å². The van der Waals surface area contributed by atoms with E-state index in [-0.39, 0.29) is 0 Å². The average Bonchev–Trinajstić information content (AvgIpc) is 3.33. The van der Waals surface area contributed by atoms with Crippen molar-refractivity contribution in [2.75, 3.05) is 46.8 Å². The minimum absolute atomic E-state index is 0.430. The van der Waals surface area contributed by atoms with E-state index in [0.29, 0.717) is 0 Å². The molecule has 0 bridgehead atoms. The van der Waals surface area contributed by atoms with Crippen LogP contribution in [0.1, 0.15) is 6.92 Å². The molecule has 68 heavy (non-hydrogen) atoms. The molecule has 0 aromatic rings. The van der Waals surface area contributed by atoms with Crippen molar-refractivity contribution in [1.29, 1.82) is 0 Å². The molecule has 6 aliphatic heterocycles. The van der Waals surface area contributed by atoms with Crippen LogP contribution in [0, 0.1) is 5.92 Å². The van der Waals surface area contributed by atoms with Gasteiger partial charge < -0.3 is 152 Å². The number of aliphatic hydroxyl groups is 13. The second-order valence-electron chi connectivity index (χ2n) is 18.0. The molecule has 30 atom stereocenters. The summed E-state index contributed by atoms with van der Waals surface area (Å²) in [5.41, 5.74) is 30.3. The van der Waals surface area contributed by atoms with Gasteiger partial charge in [0.25, 0.3) is 0 Å². The number of methoxy groups -OCH3 is 1. The third-order valence-corrected chi connectivity index (χ3v) is 13.3. The van der Waals surface area contributed by atoms with E-state index in [1.54, 1.807) is 0 Å². The normalized spacial score (nSPS) is 52.8. The van der Waals surface area contributed by atoms with Crippen LogP contribution in [-0.2, 0) is 56.8 Å². The summed E-state index contributed by atoms with van der Waals surface area (Å²) in [6.45, 7) is -1.70. The van der Waals surface area contributed by atoms with E-state index in [2.05, 4.69) is 0 Å². The van der Waals surface area contributed by atoms with Gasteiger partial charge in [-0.1, -0.05) is 6.92 Å². The van der Waals surface area contributed by atoms with E-state index < -0.39 is 223 Å². The van der Waals surface area contributed by atoms with Crippen molar-refractivity contribution in [2.24, 2.45) is 34.6 Å². The number of hydrogen-bond donors (Lipinski definition) is 18. The van der Waals surface area contributed by atoms with E-state index in [0.717, 1.165) is 0 Å². The minimum atomic E-state index is -1.69. The Labute approximate surface area is 389 Å². The Morgan fingerprint density at radius 2 is 0.544 bits per heavy atom. The van der Waals surface area contributed by atoms with E-state index in [1.165, 1.54) is 14.0 Å². The summed E-state index contributed by atoms with van der Waals surface area (Å²) in [4.78, 5) is 0. The SMILES string of the molecule is CO[C@@H]1OC(CO[C@@H]2OC(CO[C@@H]3OC(CO[C@@H]4OC(CO[C@@H]5OC(CO[C@@H]6OC(CO)[C@@H](O)[C@H](O)C6C)[C@@H](O)[C@H](O)C5N)[C@@H](O)[C@H](O)C4N)[C@@H](O)[C@H](O)C3N)[C@@H](O)[C@H](O)C2N)[C@@H](O)[C@H](O)C1N. The molecular weight excluding hydrogens is 926 g/mol. The van der Waals surface area contributed by atoms with Gasteiger partial charge in [-0.05, 0) is 0 Å². The highest BCUT2D eigenvalue weighted by Crippen LogP contribution is 2.31. The molecule has 30 nitrogen and oxygen atoms in total. The Kier molecular flexibility index (Phi) is 20.0. The summed E-state index contributed by atoms with van der Waals surface area (Å²) in [7, 11) is 1.29. The number of aliphatic hydroxyl groups excluding tert-OH is 13. The summed E-state index contributed by atoms with van der Waals surface area (Å²) in [5.74, 6) is -0.782. The van der Waals surface area contributed by atoms with Gasteiger partial charge in [0.1, 0.15) is 104 Å². The molecule has 6 aliphatic rings. The van der Waals surface area contributed by atoms with Crippen LogP contribution in [0.5, 0.6) is 0 Å². The molecule has 0 spiro atoms. The molecule has 0 aliphatic carbocycles. The molecule has 0 saturated carbocycles. The van der Waals surface area contributed by atoms with Crippen molar-refractivity contribution in [3.05, 3.63) is 0 Å². The highest BCUT2D eigenvalue weighted by atomic mass is 16.8. The number of rotatable bonds is 17. The van der Waals surface area contributed by atoms with Crippen LogP contribution in [-0.4, -0.2) is 291 Å². The van der Waals surface area contributed by atoms with Crippen LogP contribution in [0.3, 0.4) is 0 Å². The van der Waals surface area contributed by atoms with Crippen LogP contribution in [0.2, 0.25) is 0 Å². The monoisotopic (exact) mass is 997 g/mol. The van der Waals surface area contributed by atoms with Gasteiger partial charge in [-0.2, -0.15) is 0 Å². The van der Waals surface area contributed by atoms with Crippen molar-refractivity contribution in [1.82, 2.24) is 0 Å². The zero-order chi connectivity index (χ0) is 50.0. The Hall–Kier alpha value is -1.20. The Morgan fingerprint density at radius 3 is 0.809 bits per heavy atom. The Morgan fingerprint density at radius 1 is 0.324 bits per heavy atom. The topological polar surface area (TPSA) is 504 Å². The zero-order valence-corrected chi connectivity index (χ0v) is 37.2. The highest BCUT2D eigenvalue weighted by molar-refractivity contribution is 4.98. The van der Waals surface area contributed by atoms with Gasteiger partial charge in [0.15, 0.2) is 37.7 Å². The maximum Gasteiger partial charge on any atom is 0.175 e. The van der Waals surface area contributed by atoms with Gasteiger partial charge in [0, 0.05) is 13.0 Å². The fourth-order valence-electron chi connectivity index (χ4n) is 8.62.